The third-order valence-corrected chi connectivity index (χ3v) is 5.50. The van der Waals surface area contributed by atoms with Crippen molar-refractivity contribution in [2.24, 2.45) is 0 Å². The SMILES string of the molecule is CC.CCCCCCCCCCCCCCCCCCOc1ccc(NCC)cc1.N. The first kappa shape index (κ1) is 32.0. The van der Waals surface area contributed by atoms with E-state index < -0.39 is 0 Å². The number of hydrogen-bond donors (Lipinski definition) is 2. The maximum Gasteiger partial charge on any atom is 0.119 e. The number of rotatable bonds is 20. The Kier molecular flexibility index (Phi) is 27.6. The van der Waals surface area contributed by atoms with Crippen LogP contribution in [-0.2, 0) is 0 Å². The first-order valence-electron chi connectivity index (χ1n) is 13.3. The van der Waals surface area contributed by atoms with E-state index in [4.69, 9.17) is 4.74 Å². The van der Waals surface area contributed by atoms with Crippen LogP contribution in [0.25, 0.3) is 0 Å². The van der Waals surface area contributed by atoms with Crippen LogP contribution < -0.4 is 16.2 Å². The fourth-order valence-corrected chi connectivity index (χ4v) is 3.71. The molecular formula is C28H56N2O. The van der Waals surface area contributed by atoms with Gasteiger partial charge in [0, 0.05) is 12.2 Å². The molecule has 3 nitrogen and oxygen atoms in total. The van der Waals surface area contributed by atoms with E-state index in [-0.39, 0.29) is 6.15 Å². The average Bonchev–Trinajstić information content (AvgIpc) is 2.78. The summed E-state index contributed by atoms with van der Waals surface area (Å²) >= 11 is 0. The second kappa shape index (κ2) is 26.8. The second-order valence-electron chi connectivity index (χ2n) is 8.21. The minimum absolute atomic E-state index is 0. The number of ether oxygens (including phenoxy) is 1. The van der Waals surface area contributed by atoms with E-state index in [1.165, 1.54) is 103 Å². The fraction of sp³-hybridized carbons (Fsp3) is 0.786. The van der Waals surface area contributed by atoms with Crippen molar-refractivity contribution in [2.75, 3.05) is 18.5 Å². The monoisotopic (exact) mass is 436 g/mol. The summed E-state index contributed by atoms with van der Waals surface area (Å²) in [5.41, 5.74) is 1.16. The van der Waals surface area contributed by atoms with Gasteiger partial charge in [-0.1, -0.05) is 117 Å². The Bertz CT molecular complexity index is 433. The molecule has 0 unspecified atom stereocenters. The highest BCUT2D eigenvalue weighted by Crippen LogP contribution is 2.17. The van der Waals surface area contributed by atoms with Crippen molar-refractivity contribution in [1.29, 1.82) is 0 Å². The molecule has 3 heteroatoms. The topological polar surface area (TPSA) is 56.3 Å². The van der Waals surface area contributed by atoms with Crippen molar-refractivity contribution < 1.29 is 4.74 Å². The second-order valence-corrected chi connectivity index (χ2v) is 8.21. The summed E-state index contributed by atoms with van der Waals surface area (Å²) in [4.78, 5) is 0. The molecule has 0 bridgehead atoms. The van der Waals surface area contributed by atoms with E-state index in [1.54, 1.807) is 0 Å². The summed E-state index contributed by atoms with van der Waals surface area (Å²) in [6, 6.07) is 8.30. The van der Waals surface area contributed by atoms with Crippen molar-refractivity contribution in [3.05, 3.63) is 24.3 Å². The summed E-state index contributed by atoms with van der Waals surface area (Å²) in [6.45, 7) is 10.2. The lowest BCUT2D eigenvalue weighted by Crippen LogP contribution is -1.99. The van der Waals surface area contributed by atoms with Crippen LogP contribution in [0.1, 0.15) is 130 Å². The van der Waals surface area contributed by atoms with Gasteiger partial charge >= 0.3 is 0 Å². The van der Waals surface area contributed by atoms with Gasteiger partial charge in [-0.3, -0.25) is 0 Å². The largest absolute Gasteiger partial charge is 0.494 e. The van der Waals surface area contributed by atoms with Crippen molar-refractivity contribution in [3.63, 3.8) is 0 Å². The Morgan fingerprint density at radius 1 is 0.581 bits per heavy atom. The van der Waals surface area contributed by atoms with E-state index in [9.17, 15) is 0 Å². The molecule has 0 aliphatic heterocycles. The van der Waals surface area contributed by atoms with Crippen LogP contribution in [0.2, 0.25) is 0 Å². The first-order chi connectivity index (χ1) is 14.9. The molecule has 0 heterocycles. The highest BCUT2D eigenvalue weighted by atomic mass is 16.5. The van der Waals surface area contributed by atoms with Crippen LogP contribution in [-0.4, -0.2) is 13.2 Å². The highest BCUT2D eigenvalue weighted by molar-refractivity contribution is 5.46. The zero-order chi connectivity index (χ0) is 22.1. The maximum absolute atomic E-state index is 5.83. The Hall–Kier alpha value is -1.22. The smallest absolute Gasteiger partial charge is 0.119 e. The predicted octanol–water partition coefficient (Wildman–Crippen LogP) is 9.95. The lowest BCUT2D eigenvalue weighted by molar-refractivity contribution is 0.304. The van der Waals surface area contributed by atoms with Gasteiger partial charge in [0.05, 0.1) is 6.61 Å². The predicted molar refractivity (Wildman–Crippen MR) is 142 cm³/mol. The van der Waals surface area contributed by atoms with Crippen molar-refractivity contribution in [1.82, 2.24) is 6.15 Å². The standard InChI is InChI=1S/C26H47NO.C2H6.H3N/c1-3-5-6-7-8-9-10-11-12-13-14-15-16-17-18-19-24-28-26-22-20-25(21-23-26)27-4-2;1-2;/h20-23,27H,3-19,24H2,1-2H3;1-2H3;1H3. The Balaban J connectivity index is 0. The molecule has 0 amide bonds. The summed E-state index contributed by atoms with van der Waals surface area (Å²) in [6.07, 6.45) is 22.5. The molecule has 0 aliphatic carbocycles. The van der Waals surface area contributed by atoms with Crippen LogP contribution in [0.3, 0.4) is 0 Å². The number of benzene rings is 1. The van der Waals surface area contributed by atoms with Crippen LogP contribution in [0.5, 0.6) is 5.75 Å². The lowest BCUT2D eigenvalue weighted by Gasteiger charge is -2.08. The number of nitrogens with one attached hydrogen (secondary N) is 1. The molecule has 1 aromatic rings. The van der Waals surface area contributed by atoms with Gasteiger partial charge in [-0.25, -0.2) is 0 Å². The quantitative estimate of drug-likeness (QED) is 0.200. The highest BCUT2D eigenvalue weighted by Gasteiger charge is 1.97. The first-order valence-corrected chi connectivity index (χ1v) is 13.3. The molecule has 184 valence electrons. The number of unbranched alkanes of at least 4 members (excludes halogenated alkanes) is 15. The minimum atomic E-state index is 0. The van der Waals surface area contributed by atoms with E-state index in [2.05, 4.69) is 43.4 Å². The molecule has 1 aromatic carbocycles. The van der Waals surface area contributed by atoms with E-state index in [0.29, 0.717) is 0 Å². The lowest BCUT2D eigenvalue weighted by atomic mass is 10.0. The van der Waals surface area contributed by atoms with Gasteiger partial charge in [-0.05, 0) is 37.6 Å². The van der Waals surface area contributed by atoms with Gasteiger partial charge < -0.3 is 16.2 Å². The summed E-state index contributed by atoms with van der Waals surface area (Å²) in [7, 11) is 0. The molecule has 0 atom stereocenters. The minimum Gasteiger partial charge on any atom is -0.494 e. The van der Waals surface area contributed by atoms with Gasteiger partial charge in [0.15, 0.2) is 0 Å². The number of anilines is 1. The maximum atomic E-state index is 5.83. The van der Waals surface area contributed by atoms with E-state index in [0.717, 1.165) is 24.6 Å². The van der Waals surface area contributed by atoms with E-state index in [1.807, 2.05) is 13.8 Å². The van der Waals surface area contributed by atoms with Crippen LogP contribution in [0.4, 0.5) is 5.69 Å². The van der Waals surface area contributed by atoms with Gasteiger partial charge in [0.1, 0.15) is 5.75 Å². The molecule has 4 N–H and O–H groups in total. The molecule has 0 aliphatic rings. The molecule has 0 fully saturated rings. The van der Waals surface area contributed by atoms with Crippen LogP contribution in [0, 0.1) is 0 Å². The zero-order valence-electron chi connectivity index (χ0n) is 21.7. The van der Waals surface area contributed by atoms with Gasteiger partial charge in [0.25, 0.3) is 0 Å². The molecular weight excluding hydrogens is 380 g/mol. The molecule has 0 saturated carbocycles. The third-order valence-electron chi connectivity index (χ3n) is 5.50. The molecule has 31 heavy (non-hydrogen) atoms. The molecule has 1 rings (SSSR count). The number of hydrogen-bond acceptors (Lipinski definition) is 3. The molecule has 0 saturated heterocycles. The molecule has 0 spiro atoms. The Labute approximate surface area is 195 Å². The van der Waals surface area contributed by atoms with Gasteiger partial charge in [-0.15, -0.1) is 0 Å². The summed E-state index contributed by atoms with van der Waals surface area (Å²) < 4.78 is 5.83. The zero-order valence-corrected chi connectivity index (χ0v) is 21.7. The van der Waals surface area contributed by atoms with Gasteiger partial charge in [-0.2, -0.15) is 0 Å². The Morgan fingerprint density at radius 2 is 0.968 bits per heavy atom. The molecule has 0 radical (unpaired) electrons. The average molecular weight is 437 g/mol. The summed E-state index contributed by atoms with van der Waals surface area (Å²) in [5.74, 6) is 0.989. The van der Waals surface area contributed by atoms with Crippen molar-refractivity contribution in [3.8, 4) is 5.75 Å². The van der Waals surface area contributed by atoms with Crippen molar-refractivity contribution in [2.45, 2.75) is 130 Å². The van der Waals surface area contributed by atoms with Gasteiger partial charge in [0.2, 0.25) is 0 Å². The normalized spacial score (nSPS) is 10.1. The third kappa shape index (κ3) is 21.8. The Morgan fingerprint density at radius 3 is 1.35 bits per heavy atom. The van der Waals surface area contributed by atoms with E-state index >= 15 is 0 Å². The van der Waals surface area contributed by atoms with Crippen molar-refractivity contribution >= 4 is 5.69 Å². The molecule has 0 aromatic heterocycles. The van der Waals surface area contributed by atoms with Crippen LogP contribution in [0.15, 0.2) is 24.3 Å². The summed E-state index contributed by atoms with van der Waals surface area (Å²) in [5, 5.41) is 3.30. The van der Waals surface area contributed by atoms with Crippen LogP contribution >= 0.6 is 0 Å². The fourth-order valence-electron chi connectivity index (χ4n) is 3.71.